The highest BCUT2D eigenvalue weighted by Gasteiger charge is 2.17. The topological polar surface area (TPSA) is 92.8 Å². The van der Waals surface area contributed by atoms with Gasteiger partial charge in [-0.25, -0.2) is 13.2 Å². The van der Waals surface area contributed by atoms with Crippen molar-refractivity contribution in [1.29, 1.82) is 0 Å². The summed E-state index contributed by atoms with van der Waals surface area (Å²) in [5.41, 5.74) is 0.886. The van der Waals surface area contributed by atoms with Gasteiger partial charge in [-0.3, -0.25) is 9.52 Å². The highest BCUT2D eigenvalue weighted by Crippen LogP contribution is 2.18. The van der Waals surface area contributed by atoms with Crippen molar-refractivity contribution in [2.24, 2.45) is 0 Å². The molecule has 0 aromatic heterocycles. The number of nitrogens with one attached hydrogen (secondary N) is 1. The van der Waals surface area contributed by atoms with Gasteiger partial charge in [-0.1, -0.05) is 6.07 Å². The second kappa shape index (κ2) is 7.35. The molecule has 0 radical (unpaired) electrons. The lowest BCUT2D eigenvalue weighted by Crippen LogP contribution is -2.21. The SMILES string of the molecule is COC(=O)c1cccc(S(=O)(=O)Nc2ccc(C(=O)N(C)C)cc2)c1. The minimum Gasteiger partial charge on any atom is -0.465 e. The molecule has 0 fully saturated rings. The van der Waals surface area contributed by atoms with Crippen molar-refractivity contribution >= 4 is 27.6 Å². The van der Waals surface area contributed by atoms with E-state index < -0.39 is 16.0 Å². The molecule has 2 rings (SSSR count). The lowest BCUT2D eigenvalue weighted by Gasteiger charge is -2.12. The van der Waals surface area contributed by atoms with Gasteiger partial charge >= 0.3 is 5.97 Å². The fraction of sp³-hybridized carbons (Fsp3) is 0.176. The maximum absolute atomic E-state index is 12.5. The summed E-state index contributed by atoms with van der Waals surface area (Å²) in [6.07, 6.45) is 0. The molecule has 2 aromatic carbocycles. The van der Waals surface area contributed by atoms with Gasteiger partial charge in [-0.15, -0.1) is 0 Å². The van der Waals surface area contributed by atoms with Gasteiger partial charge in [0.1, 0.15) is 0 Å². The third-order valence-electron chi connectivity index (χ3n) is 3.36. The number of hydrogen-bond acceptors (Lipinski definition) is 5. The first-order chi connectivity index (χ1) is 11.7. The molecule has 0 aliphatic carbocycles. The molecule has 8 heteroatoms. The van der Waals surface area contributed by atoms with E-state index in [0.29, 0.717) is 11.3 Å². The van der Waals surface area contributed by atoms with E-state index >= 15 is 0 Å². The Balaban J connectivity index is 2.24. The zero-order valence-corrected chi connectivity index (χ0v) is 14.8. The van der Waals surface area contributed by atoms with Crippen LogP contribution >= 0.6 is 0 Å². The molecule has 0 saturated carbocycles. The Kier molecular flexibility index (Phi) is 5.43. The van der Waals surface area contributed by atoms with Crippen LogP contribution in [0.4, 0.5) is 5.69 Å². The predicted octanol–water partition coefficient (Wildman–Crippen LogP) is 1.98. The largest absolute Gasteiger partial charge is 0.465 e. The Morgan fingerprint density at radius 2 is 1.64 bits per heavy atom. The molecule has 1 amide bonds. The number of anilines is 1. The summed E-state index contributed by atoms with van der Waals surface area (Å²) in [5, 5.41) is 0. The quantitative estimate of drug-likeness (QED) is 0.821. The molecule has 2 aromatic rings. The van der Waals surface area contributed by atoms with Crippen LogP contribution in [0.3, 0.4) is 0 Å². The summed E-state index contributed by atoms with van der Waals surface area (Å²) >= 11 is 0. The summed E-state index contributed by atoms with van der Waals surface area (Å²) in [6.45, 7) is 0. The molecule has 1 N–H and O–H groups in total. The van der Waals surface area contributed by atoms with Crippen molar-refractivity contribution in [2.45, 2.75) is 4.90 Å². The number of carbonyl (C=O) groups excluding carboxylic acids is 2. The minimum atomic E-state index is -3.88. The fourth-order valence-corrected chi connectivity index (χ4v) is 3.17. The summed E-state index contributed by atoms with van der Waals surface area (Å²) < 4.78 is 31.9. The van der Waals surface area contributed by atoms with Crippen LogP contribution in [0, 0.1) is 0 Å². The molecule has 0 aliphatic rings. The smallest absolute Gasteiger partial charge is 0.337 e. The maximum Gasteiger partial charge on any atom is 0.337 e. The number of sulfonamides is 1. The number of ether oxygens (including phenoxy) is 1. The molecule has 0 spiro atoms. The zero-order valence-electron chi connectivity index (χ0n) is 14.0. The van der Waals surface area contributed by atoms with E-state index in [2.05, 4.69) is 9.46 Å². The number of methoxy groups -OCH3 is 1. The monoisotopic (exact) mass is 362 g/mol. The van der Waals surface area contributed by atoms with Gasteiger partial charge in [0.2, 0.25) is 0 Å². The lowest BCUT2D eigenvalue weighted by atomic mass is 10.2. The van der Waals surface area contributed by atoms with Crippen LogP contribution in [0.2, 0.25) is 0 Å². The number of amides is 1. The highest BCUT2D eigenvalue weighted by atomic mass is 32.2. The van der Waals surface area contributed by atoms with E-state index in [-0.39, 0.29) is 16.4 Å². The number of benzene rings is 2. The number of esters is 1. The van der Waals surface area contributed by atoms with E-state index in [1.165, 1.54) is 60.5 Å². The third kappa shape index (κ3) is 4.36. The van der Waals surface area contributed by atoms with Gasteiger partial charge < -0.3 is 9.64 Å². The molecule has 0 atom stereocenters. The Morgan fingerprint density at radius 1 is 1.00 bits per heavy atom. The first-order valence-electron chi connectivity index (χ1n) is 7.27. The Bertz CT molecular complexity index is 890. The predicted molar refractivity (Wildman–Crippen MR) is 93.0 cm³/mol. The van der Waals surface area contributed by atoms with Gasteiger partial charge in [0, 0.05) is 25.3 Å². The number of carbonyl (C=O) groups is 2. The van der Waals surface area contributed by atoms with Crippen molar-refractivity contribution < 1.29 is 22.7 Å². The minimum absolute atomic E-state index is 0.0659. The van der Waals surface area contributed by atoms with E-state index in [4.69, 9.17) is 0 Å². The molecule has 7 nitrogen and oxygen atoms in total. The van der Waals surface area contributed by atoms with Crippen LogP contribution in [0.1, 0.15) is 20.7 Å². The molecule has 0 bridgehead atoms. The Hall–Kier alpha value is -2.87. The molecule has 25 heavy (non-hydrogen) atoms. The summed E-state index contributed by atoms with van der Waals surface area (Å²) in [6, 6.07) is 11.6. The van der Waals surface area contributed by atoms with Crippen molar-refractivity contribution in [3.63, 3.8) is 0 Å². The molecular weight excluding hydrogens is 344 g/mol. The van der Waals surface area contributed by atoms with Crippen LogP contribution in [-0.4, -0.2) is 46.4 Å². The first kappa shape index (κ1) is 18.5. The molecule has 0 heterocycles. The molecular formula is C17H18N2O5S. The fourth-order valence-electron chi connectivity index (χ4n) is 2.06. The van der Waals surface area contributed by atoms with Gasteiger partial charge in [-0.05, 0) is 42.5 Å². The Morgan fingerprint density at radius 3 is 2.20 bits per heavy atom. The first-order valence-corrected chi connectivity index (χ1v) is 8.76. The van der Waals surface area contributed by atoms with Gasteiger partial charge in [0.25, 0.3) is 15.9 Å². The van der Waals surface area contributed by atoms with Crippen LogP contribution in [0.25, 0.3) is 0 Å². The average Bonchev–Trinajstić information content (AvgIpc) is 2.60. The normalized spacial score (nSPS) is 10.8. The van der Waals surface area contributed by atoms with E-state index in [9.17, 15) is 18.0 Å². The standard InChI is InChI=1S/C17H18N2O5S/c1-19(2)16(20)12-7-9-14(10-8-12)18-25(22,23)15-6-4-5-13(11-15)17(21)24-3/h4-11,18H,1-3H3. The van der Waals surface area contributed by atoms with Crippen LogP contribution in [-0.2, 0) is 14.8 Å². The molecule has 0 saturated heterocycles. The second-order valence-electron chi connectivity index (χ2n) is 5.40. The van der Waals surface area contributed by atoms with Crippen molar-refractivity contribution in [3.05, 3.63) is 59.7 Å². The lowest BCUT2D eigenvalue weighted by molar-refractivity contribution is 0.0600. The van der Waals surface area contributed by atoms with E-state index in [0.717, 1.165) is 0 Å². The molecule has 132 valence electrons. The second-order valence-corrected chi connectivity index (χ2v) is 7.08. The maximum atomic E-state index is 12.5. The molecule has 0 aliphatic heterocycles. The van der Waals surface area contributed by atoms with Crippen molar-refractivity contribution in [1.82, 2.24) is 4.90 Å². The number of nitrogens with zero attached hydrogens (tertiary/aromatic N) is 1. The highest BCUT2D eigenvalue weighted by molar-refractivity contribution is 7.92. The van der Waals surface area contributed by atoms with Gasteiger partial charge in [0.05, 0.1) is 17.6 Å². The summed E-state index contributed by atoms with van der Waals surface area (Å²) in [7, 11) is 0.605. The third-order valence-corrected chi connectivity index (χ3v) is 4.73. The van der Waals surface area contributed by atoms with Crippen molar-refractivity contribution in [2.75, 3.05) is 25.9 Å². The van der Waals surface area contributed by atoms with Crippen LogP contribution in [0.15, 0.2) is 53.4 Å². The molecule has 0 unspecified atom stereocenters. The number of hydrogen-bond donors (Lipinski definition) is 1. The van der Waals surface area contributed by atoms with Crippen LogP contribution in [0.5, 0.6) is 0 Å². The zero-order chi connectivity index (χ0) is 18.6. The van der Waals surface area contributed by atoms with Crippen LogP contribution < -0.4 is 4.72 Å². The van der Waals surface area contributed by atoms with E-state index in [1.807, 2.05) is 0 Å². The summed E-state index contributed by atoms with van der Waals surface area (Å²) in [5.74, 6) is -0.802. The van der Waals surface area contributed by atoms with Gasteiger partial charge in [-0.2, -0.15) is 0 Å². The van der Waals surface area contributed by atoms with Gasteiger partial charge in [0.15, 0.2) is 0 Å². The van der Waals surface area contributed by atoms with Crippen molar-refractivity contribution in [3.8, 4) is 0 Å². The Labute approximate surface area is 146 Å². The average molecular weight is 362 g/mol. The number of rotatable bonds is 5. The van der Waals surface area contributed by atoms with E-state index in [1.54, 1.807) is 14.1 Å². The summed E-state index contributed by atoms with van der Waals surface area (Å²) in [4.78, 5) is 24.7.